The predicted octanol–water partition coefficient (Wildman–Crippen LogP) is 3.14. The van der Waals surface area contributed by atoms with Gasteiger partial charge >= 0.3 is 6.36 Å². The molecule has 7 heteroatoms. The zero-order valence-electron chi connectivity index (χ0n) is 11.4. The number of hydrogen-bond acceptors (Lipinski definition) is 3. The van der Waals surface area contributed by atoms with Gasteiger partial charge in [-0.2, -0.15) is 0 Å². The summed E-state index contributed by atoms with van der Waals surface area (Å²) in [6.45, 7) is 7.19. The number of nitrogens with zero attached hydrogens (tertiary/aromatic N) is 1. The summed E-state index contributed by atoms with van der Waals surface area (Å²) < 4.78 is 40.7. The predicted molar refractivity (Wildman–Crippen MR) is 77.8 cm³/mol. The number of alkyl halides is 3. The molecule has 0 radical (unpaired) electrons. The number of ether oxygens (including phenoxy) is 1. The molecule has 0 aliphatic carbocycles. The van der Waals surface area contributed by atoms with Gasteiger partial charge in [0.15, 0.2) is 0 Å². The maximum absolute atomic E-state index is 12.2. The van der Waals surface area contributed by atoms with E-state index in [2.05, 4.69) is 21.5 Å². The molecule has 1 fully saturated rings. The lowest BCUT2D eigenvalue weighted by molar-refractivity contribution is -0.274. The van der Waals surface area contributed by atoms with Gasteiger partial charge in [0.05, 0.1) is 6.04 Å². The van der Waals surface area contributed by atoms with Crippen LogP contribution in [0, 0.1) is 0 Å². The first-order valence-electron chi connectivity index (χ1n) is 6.42. The standard InChI is InChI=1S/C14H17F3N2O.ClH/c1-2-13(19-8-6-18-7-9-19)11-4-3-5-12(10-11)20-14(15,16)17;/h2-5,10,13,18H,1,6-9H2;1H/t13-;/m0./s1. The van der Waals surface area contributed by atoms with Gasteiger partial charge in [-0.25, -0.2) is 0 Å². The Balaban J connectivity index is 0.00000220. The minimum absolute atomic E-state index is 0. The Morgan fingerprint density at radius 1 is 1.29 bits per heavy atom. The molecule has 2 rings (SSSR count). The Morgan fingerprint density at radius 2 is 1.95 bits per heavy atom. The zero-order chi connectivity index (χ0) is 14.6. The number of rotatable bonds is 4. The molecule has 1 heterocycles. The fourth-order valence-corrected chi connectivity index (χ4v) is 2.35. The van der Waals surface area contributed by atoms with Crippen molar-refractivity contribution in [3.63, 3.8) is 0 Å². The van der Waals surface area contributed by atoms with E-state index in [-0.39, 0.29) is 24.2 Å². The summed E-state index contributed by atoms with van der Waals surface area (Å²) in [5.74, 6) is -0.197. The number of hydrogen-bond donors (Lipinski definition) is 1. The molecule has 0 bridgehead atoms. The fraction of sp³-hybridized carbons (Fsp3) is 0.429. The van der Waals surface area contributed by atoms with Crippen molar-refractivity contribution in [1.82, 2.24) is 10.2 Å². The molecular formula is C14H18ClF3N2O. The first kappa shape index (κ1) is 17.8. The summed E-state index contributed by atoms with van der Waals surface area (Å²) in [4.78, 5) is 2.18. The van der Waals surface area contributed by atoms with Crippen molar-refractivity contribution in [2.24, 2.45) is 0 Å². The second kappa shape index (κ2) is 7.68. The van der Waals surface area contributed by atoms with Gasteiger partial charge in [0.25, 0.3) is 0 Å². The highest BCUT2D eigenvalue weighted by Crippen LogP contribution is 2.28. The van der Waals surface area contributed by atoms with E-state index < -0.39 is 6.36 Å². The highest BCUT2D eigenvalue weighted by Gasteiger charge is 2.31. The van der Waals surface area contributed by atoms with Crippen LogP contribution in [-0.2, 0) is 0 Å². The molecule has 0 spiro atoms. The highest BCUT2D eigenvalue weighted by atomic mass is 35.5. The summed E-state index contributed by atoms with van der Waals surface area (Å²) >= 11 is 0. The maximum Gasteiger partial charge on any atom is 0.573 e. The molecule has 21 heavy (non-hydrogen) atoms. The van der Waals surface area contributed by atoms with Crippen molar-refractivity contribution in [1.29, 1.82) is 0 Å². The summed E-state index contributed by atoms with van der Waals surface area (Å²) in [5.41, 5.74) is 0.753. The molecule has 0 unspecified atom stereocenters. The smallest absolute Gasteiger partial charge is 0.406 e. The van der Waals surface area contributed by atoms with E-state index in [9.17, 15) is 13.2 Å². The number of halogens is 4. The molecule has 1 aliphatic rings. The third-order valence-electron chi connectivity index (χ3n) is 3.20. The summed E-state index contributed by atoms with van der Waals surface area (Å²) in [6, 6.07) is 5.97. The van der Waals surface area contributed by atoms with Gasteiger partial charge in [-0.05, 0) is 17.7 Å². The molecule has 1 aliphatic heterocycles. The van der Waals surface area contributed by atoms with Crippen LogP contribution in [0.4, 0.5) is 13.2 Å². The topological polar surface area (TPSA) is 24.5 Å². The zero-order valence-corrected chi connectivity index (χ0v) is 12.2. The largest absolute Gasteiger partial charge is 0.573 e. The lowest BCUT2D eigenvalue weighted by Crippen LogP contribution is -2.44. The van der Waals surface area contributed by atoms with Crippen molar-refractivity contribution in [2.75, 3.05) is 26.2 Å². The van der Waals surface area contributed by atoms with E-state index in [4.69, 9.17) is 0 Å². The maximum atomic E-state index is 12.2. The van der Waals surface area contributed by atoms with Crippen LogP contribution in [0.25, 0.3) is 0 Å². The van der Waals surface area contributed by atoms with E-state index in [0.717, 1.165) is 31.7 Å². The Hall–Kier alpha value is -1.24. The molecule has 118 valence electrons. The van der Waals surface area contributed by atoms with E-state index >= 15 is 0 Å². The van der Waals surface area contributed by atoms with Gasteiger partial charge in [-0.1, -0.05) is 18.2 Å². The molecule has 0 aromatic heterocycles. The van der Waals surface area contributed by atoms with Gasteiger partial charge in [0.2, 0.25) is 0 Å². The minimum atomic E-state index is -4.67. The van der Waals surface area contributed by atoms with Gasteiger partial charge in [0, 0.05) is 26.2 Å². The molecule has 1 aromatic rings. The lowest BCUT2D eigenvalue weighted by Gasteiger charge is -2.33. The quantitative estimate of drug-likeness (QED) is 0.862. The molecule has 1 atom stereocenters. The van der Waals surface area contributed by atoms with Crippen LogP contribution < -0.4 is 10.1 Å². The van der Waals surface area contributed by atoms with Crippen molar-refractivity contribution in [2.45, 2.75) is 12.4 Å². The number of nitrogens with one attached hydrogen (secondary N) is 1. The first-order valence-corrected chi connectivity index (χ1v) is 6.42. The van der Waals surface area contributed by atoms with Crippen LogP contribution in [0.2, 0.25) is 0 Å². The van der Waals surface area contributed by atoms with Crippen molar-refractivity contribution in [3.8, 4) is 5.75 Å². The first-order chi connectivity index (χ1) is 9.49. The van der Waals surface area contributed by atoms with Gasteiger partial charge in [-0.15, -0.1) is 32.2 Å². The monoisotopic (exact) mass is 322 g/mol. The molecule has 0 amide bonds. The van der Waals surface area contributed by atoms with Crippen LogP contribution in [0.5, 0.6) is 5.75 Å². The van der Waals surface area contributed by atoms with Crippen molar-refractivity contribution in [3.05, 3.63) is 42.5 Å². The fourth-order valence-electron chi connectivity index (χ4n) is 2.35. The average Bonchev–Trinajstić information content (AvgIpc) is 2.39. The summed E-state index contributed by atoms with van der Waals surface area (Å²) in [5, 5.41) is 3.24. The number of piperazine rings is 1. The summed E-state index contributed by atoms with van der Waals surface area (Å²) in [6.07, 6.45) is -2.92. The third kappa shape index (κ3) is 5.22. The Kier molecular flexibility index (Phi) is 6.51. The Labute approximate surface area is 128 Å². The van der Waals surface area contributed by atoms with Gasteiger partial charge in [0.1, 0.15) is 5.75 Å². The Morgan fingerprint density at radius 3 is 2.52 bits per heavy atom. The molecule has 0 saturated carbocycles. The van der Waals surface area contributed by atoms with Crippen molar-refractivity contribution >= 4 is 12.4 Å². The van der Waals surface area contributed by atoms with Crippen LogP contribution >= 0.6 is 12.4 Å². The number of benzene rings is 1. The van der Waals surface area contributed by atoms with E-state index in [1.807, 2.05) is 0 Å². The molecular weight excluding hydrogens is 305 g/mol. The molecule has 1 N–H and O–H groups in total. The van der Waals surface area contributed by atoms with Crippen LogP contribution in [-0.4, -0.2) is 37.4 Å². The second-order valence-electron chi connectivity index (χ2n) is 4.59. The SMILES string of the molecule is C=C[C@@H](c1cccc(OC(F)(F)F)c1)N1CCNCC1.Cl. The third-order valence-corrected chi connectivity index (χ3v) is 3.20. The molecule has 1 saturated heterocycles. The van der Waals surface area contributed by atoms with E-state index in [0.29, 0.717) is 0 Å². The highest BCUT2D eigenvalue weighted by molar-refractivity contribution is 5.85. The summed E-state index contributed by atoms with van der Waals surface area (Å²) in [7, 11) is 0. The molecule has 1 aromatic carbocycles. The van der Waals surface area contributed by atoms with E-state index in [1.165, 1.54) is 12.1 Å². The second-order valence-corrected chi connectivity index (χ2v) is 4.59. The average molecular weight is 323 g/mol. The lowest BCUT2D eigenvalue weighted by atomic mass is 10.0. The molecule has 3 nitrogen and oxygen atoms in total. The van der Waals surface area contributed by atoms with Gasteiger partial charge in [-0.3, -0.25) is 4.90 Å². The normalized spacial score (nSPS) is 17.7. The van der Waals surface area contributed by atoms with Gasteiger partial charge < -0.3 is 10.1 Å². The minimum Gasteiger partial charge on any atom is -0.406 e. The van der Waals surface area contributed by atoms with Crippen LogP contribution in [0.1, 0.15) is 11.6 Å². The van der Waals surface area contributed by atoms with Crippen molar-refractivity contribution < 1.29 is 17.9 Å². The van der Waals surface area contributed by atoms with Crippen LogP contribution in [0.3, 0.4) is 0 Å². The van der Waals surface area contributed by atoms with E-state index in [1.54, 1.807) is 18.2 Å². The van der Waals surface area contributed by atoms with Crippen LogP contribution in [0.15, 0.2) is 36.9 Å². The Bertz CT molecular complexity index is 462.